The Hall–Kier alpha value is -1.10. The van der Waals surface area contributed by atoms with Gasteiger partial charge < -0.3 is 9.47 Å². The van der Waals surface area contributed by atoms with Crippen LogP contribution in [0.15, 0.2) is 23.2 Å². The molecule has 0 aliphatic heterocycles. The van der Waals surface area contributed by atoms with Gasteiger partial charge in [0, 0.05) is 0 Å². The van der Waals surface area contributed by atoms with Gasteiger partial charge in [0.25, 0.3) is 0 Å². The number of carbonyl (C=O) groups excluding carboxylic acids is 2. The second-order valence-corrected chi connectivity index (χ2v) is 4.89. The molecule has 19 heavy (non-hydrogen) atoms. The molecule has 1 unspecified atom stereocenters. The number of halogens is 1. The van der Waals surface area contributed by atoms with E-state index < -0.39 is 17.4 Å². The van der Waals surface area contributed by atoms with Crippen LogP contribution < -0.4 is 0 Å². The summed E-state index contributed by atoms with van der Waals surface area (Å²) in [4.78, 5) is 26.2. The van der Waals surface area contributed by atoms with Crippen LogP contribution in [0.4, 0.5) is 0 Å². The predicted molar refractivity (Wildman–Crippen MR) is 75.6 cm³/mol. The van der Waals surface area contributed by atoms with Gasteiger partial charge in [-0.2, -0.15) is 0 Å². The Balaban J connectivity index is 3.11. The quantitative estimate of drug-likeness (QED) is 0.441. The van der Waals surface area contributed by atoms with Crippen molar-refractivity contribution in [2.75, 3.05) is 13.2 Å². The van der Waals surface area contributed by atoms with Gasteiger partial charge in [-0.25, -0.2) is 0 Å². The zero-order chi connectivity index (χ0) is 14.5. The number of hydrogen-bond acceptors (Lipinski definition) is 4. The Bertz CT molecular complexity index is 382. The number of esters is 2. The van der Waals surface area contributed by atoms with Crippen molar-refractivity contribution in [1.82, 2.24) is 0 Å². The summed E-state index contributed by atoms with van der Waals surface area (Å²) in [7, 11) is 0. The first-order valence-corrected chi connectivity index (χ1v) is 7.23. The highest BCUT2D eigenvalue weighted by molar-refractivity contribution is 9.11. The number of ether oxygens (including phenoxy) is 2. The smallest absolute Gasteiger partial charge is 0.323 e. The monoisotopic (exact) mass is 330 g/mol. The molecular formula is C14H19BrO4. The van der Waals surface area contributed by atoms with Crippen LogP contribution in [0.2, 0.25) is 0 Å². The van der Waals surface area contributed by atoms with Gasteiger partial charge in [-0.3, -0.25) is 9.59 Å². The molecule has 0 amide bonds. The number of allylic oxidation sites excluding steroid dienone is 2. The fourth-order valence-corrected chi connectivity index (χ4v) is 2.85. The van der Waals surface area contributed by atoms with Gasteiger partial charge in [-0.05, 0) is 37.6 Å². The summed E-state index contributed by atoms with van der Waals surface area (Å²) in [5, 5.41) is 0. The summed E-state index contributed by atoms with van der Waals surface area (Å²) in [6, 6.07) is 0. The van der Waals surface area contributed by atoms with Crippen molar-refractivity contribution in [1.29, 1.82) is 0 Å². The summed E-state index contributed by atoms with van der Waals surface area (Å²) in [5.74, 6) is -1.04. The van der Waals surface area contributed by atoms with E-state index >= 15 is 0 Å². The standard InChI is InChI=1S/C14H19BrO4/c1-4-10-7-14(8-11(10)9-15,12(16)18-5-2)13(17)19-6-3/h4,9-10H,1,5-8H2,2-3H3/b11-9+. The normalized spacial score (nSPS) is 23.1. The highest BCUT2D eigenvalue weighted by Crippen LogP contribution is 2.48. The lowest BCUT2D eigenvalue weighted by molar-refractivity contribution is -0.171. The molecule has 4 nitrogen and oxygen atoms in total. The van der Waals surface area contributed by atoms with Crippen molar-refractivity contribution in [3.8, 4) is 0 Å². The Morgan fingerprint density at radius 3 is 2.21 bits per heavy atom. The van der Waals surface area contributed by atoms with E-state index in [4.69, 9.17) is 9.47 Å². The zero-order valence-corrected chi connectivity index (χ0v) is 12.9. The number of hydrogen-bond donors (Lipinski definition) is 0. The molecule has 0 N–H and O–H groups in total. The third kappa shape index (κ3) is 3.08. The molecular weight excluding hydrogens is 312 g/mol. The Morgan fingerprint density at radius 2 is 1.89 bits per heavy atom. The van der Waals surface area contributed by atoms with E-state index in [9.17, 15) is 9.59 Å². The van der Waals surface area contributed by atoms with E-state index in [-0.39, 0.29) is 19.1 Å². The second-order valence-electron chi connectivity index (χ2n) is 4.43. The van der Waals surface area contributed by atoms with Gasteiger partial charge >= 0.3 is 11.9 Å². The summed E-state index contributed by atoms with van der Waals surface area (Å²) in [5.41, 5.74) is -0.277. The van der Waals surface area contributed by atoms with Gasteiger partial charge in [-0.1, -0.05) is 27.6 Å². The molecule has 5 heteroatoms. The van der Waals surface area contributed by atoms with E-state index in [0.717, 1.165) is 5.57 Å². The van der Waals surface area contributed by atoms with E-state index in [1.165, 1.54) is 0 Å². The molecule has 1 atom stereocenters. The average Bonchev–Trinajstić information content (AvgIpc) is 2.79. The summed E-state index contributed by atoms with van der Waals surface area (Å²) >= 11 is 3.27. The maximum Gasteiger partial charge on any atom is 0.323 e. The number of carbonyl (C=O) groups is 2. The minimum Gasteiger partial charge on any atom is -0.465 e. The number of rotatable bonds is 5. The molecule has 0 aromatic carbocycles. The Kier molecular flexibility index (Phi) is 5.79. The van der Waals surface area contributed by atoms with Crippen LogP contribution in [-0.2, 0) is 19.1 Å². The third-order valence-electron chi connectivity index (χ3n) is 3.31. The van der Waals surface area contributed by atoms with Crippen LogP contribution in [0.3, 0.4) is 0 Å². The van der Waals surface area contributed by atoms with Gasteiger partial charge in [0.2, 0.25) is 0 Å². The van der Waals surface area contributed by atoms with Crippen LogP contribution in [-0.4, -0.2) is 25.2 Å². The third-order valence-corrected chi connectivity index (χ3v) is 3.90. The molecule has 0 aromatic heterocycles. The summed E-state index contributed by atoms with van der Waals surface area (Å²) in [6.07, 6.45) is 2.41. The highest BCUT2D eigenvalue weighted by atomic mass is 79.9. The molecule has 1 saturated carbocycles. The molecule has 1 rings (SSSR count). The van der Waals surface area contributed by atoms with Gasteiger partial charge in [0.1, 0.15) is 0 Å². The first kappa shape index (κ1) is 16.0. The van der Waals surface area contributed by atoms with Crippen molar-refractivity contribution < 1.29 is 19.1 Å². The lowest BCUT2D eigenvalue weighted by Gasteiger charge is -2.23. The van der Waals surface area contributed by atoms with Crippen LogP contribution in [0.5, 0.6) is 0 Å². The molecule has 0 aromatic rings. The topological polar surface area (TPSA) is 52.6 Å². The van der Waals surface area contributed by atoms with E-state index in [0.29, 0.717) is 12.8 Å². The van der Waals surface area contributed by atoms with Crippen molar-refractivity contribution in [2.24, 2.45) is 11.3 Å². The fraction of sp³-hybridized carbons (Fsp3) is 0.571. The largest absolute Gasteiger partial charge is 0.465 e. The molecule has 0 heterocycles. The van der Waals surface area contributed by atoms with Gasteiger partial charge in [-0.15, -0.1) is 6.58 Å². The van der Waals surface area contributed by atoms with Crippen molar-refractivity contribution in [2.45, 2.75) is 26.7 Å². The lowest BCUT2D eigenvalue weighted by Crippen LogP contribution is -2.40. The molecule has 106 valence electrons. The first-order chi connectivity index (χ1) is 9.05. The average molecular weight is 331 g/mol. The molecule has 0 radical (unpaired) electrons. The predicted octanol–water partition coefficient (Wildman–Crippen LogP) is 2.97. The van der Waals surface area contributed by atoms with Crippen LogP contribution in [0, 0.1) is 11.3 Å². The van der Waals surface area contributed by atoms with Crippen molar-refractivity contribution in [3.63, 3.8) is 0 Å². The molecule has 0 spiro atoms. The Morgan fingerprint density at radius 1 is 1.37 bits per heavy atom. The molecule has 1 fully saturated rings. The molecule has 0 saturated heterocycles. The summed E-state index contributed by atoms with van der Waals surface area (Å²) in [6.45, 7) is 7.68. The molecule has 0 bridgehead atoms. The maximum atomic E-state index is 12.2. The van der Waals surface area contributed by atoms with Gasteiger partial charge in [0.15, 0.2) is 5.41 Å². The van der Waals surface area contributed by atoms with E-state index in [1.807, 2.05) is 0 Å². The molecule has 1 aliphatic rings. The minimum absolute atomic E-state index is 0.0202. The van der Waals surface area contributed by atoms with Crippen molar-refractivity contribution >= 4 is 27.9 Å². The second kappa shape index (κ2) is 6.89. The Labute approximate surface area is 122 Å². The van der Waals surface area contributed by atoms with Crippen molar-refractivity contribution in [3.05, 3.63) is 23.2 Å². The SMILES string of the molecule is C=CC1CC(C(=O)OCC)(C(=O)OCC)C/C1=C\Br. The zero-order valence-electron chi connectivity index (χ0n) is 11.3. The maximum absolute atomic E-state index is 12.2. The molecule has 1 aliphatic carbocycles. The first-order valence-electron chi connectivity index (χ1n) is 6.31. The summed E-state index contributed by atoms with van der Waals surface area (Å²) < 4.78 is 10.1. The highest BCUT2D eigenvalue weighted by Gasteiger charge is 2.55. The van der Waals surface area contributed by atoms with Crippen LogP contribution in [0.1, 0.15) is 26.7 Å². The van der Waals surface area contributed by atoms with Crippen LogP contribution in [0.25, 0.3) is 0 Å². The fourth-order valence-electron chi connectivity index (χ4n) is 2.35. The lowest BCUT2D eigenvalue weighted by atomic mass is 9.85. The minimum atomic E-state index is -1.23. The van der Waals surface area contributed by atoms with Crippen LogP contribution >= 0.6 is 15.9 Å². The van der Waals surface area contributed by atoms with E-state index in [1.54, 1.807) is 24.9 Å². The van der Waals surface area contributed by atoms with E-state index in [2.05, 4.69) is 22.5 Å². The van der Waals surface area contributed by atoms with Gasteiger partial charge in [0.05, 0.1) is 13.2 Å².